The molecule has 1 aliphatic heterocycles. The van der Waals surface area contributed by atoms with Crippen molar-refractivity contribution in [3.8, 4) is 0 Å². The number of likely N-dealkylation sites (tertiary alicyclic amines) is 1. The maximum atomic E-state index is 12.0. The van der Waals surface area contributed by atoms with E-state index in [2.05, 4.69) is 26.1 Å². The van der Waals surface area contributed by atoms with Gasteiger partial charge in [0.2, 0.25) is 11.8 Å². The molecule has 1 saturated heterocycles. The number of nitrogens with one attached hydrogen (secondary N) is 1. The predicted octanol–water partition coefficient (Wildman–Crippen LogP) is 2.10. The predicted molar refractivity (Wildman–Crippen MR) is 101 cm³/mol. The molecular formula is C18H39N3O4. The lowest BCUT2D eigenvalue weighted by Crippen LogP contribution is -2.47. The number of carbonyl (C=O) groups is 2. The average Bonchev–Trinajstić information content (AvgIpc) is 3.20. The van der Waals surface area contributed by atoms with Crippen molar-refractivity contribution in [1.82, 2.24) is 10.2 Å². The summed E-state index contributed by atoms with van der Waals surface area (Å²) in [5, 5.41) is 2.90. The molecule has 2 aliphatic rings. The van der Waals surface area contributed by atoms with Gasteiger partial charge in [-0.1, -0.05) is 33.6 Å². The van der Waals surface area contributed by atoms with Gasteiger partial charge in [-0.3, -0.25) is 14.9 Å². The first-order valence-corrected chi connectivity index (χ1v) is 9.40. The first-order chi connectivity index (χ1) is 11.9. The number of carbonyl (C=O) groups excluding carboxylic acids is 2. The van der Waals surface area contributed by atoms with Gasteiger partial charge in [0.25, 0.3) is 0 Å². The number of rotatable bonds is 8. The fourth-order valence-corrected chi connectivity index (χ4v) is 2.93. The van der Waals surface area contributed by atoms with Crippen molar-refractivity contribution in [2.75, 3.05) is 26.6 Å². The standard InChI is InChI=1S/C14H25N3O4.C4H10.2H2/c15-14(19)12-6-3-7-17(12)13(18)8-16-9-20-10-21-11-4-1-2-5-11;1-4(2)3;;/h11-12,16H,1-10H2,(H2,15,19);4H,1-3H3;2*1H/t12-;;;/m0.../s1. The number of nitrogens with zero attached hydrogens (tertiary/aromatic N) is 1. The van der Waals surface area contributed by atoms with Gasteiger partial charge in [0.15, 0.2) is 0 Å². The van der Waals surface area contributed by atoms with E-state index in [0.29, 0.717) is 19.1 Å². The molecule has 0 spiro atoms. The number of primary amides is 1. The zero-order chi connectivity index (χ0) is 18.7. The summed E-state index contributed by atoms with van der Waals surface area (Å²) in [4.78, 5) is 24.7. The average molecular weight is 362 g/mol. The van der Waals surface area contributed by atoms with E-state index in [1.165, 1.54) is 12.8 Å². The highest BCUT2D eigenvalue weighted by molar-refractivity contribution is 5.87. The molecule has 3 N–H and O–H groups in total. The van der Waals surface area contributed by atoms with Crippen LogP contribution in [0.2, 0.25) is 0 Å². The van der Waals surface area contributed by atoms with Gasteiger partial charge in [0, 0.05) is 9.40 Å². The minimum Gasteiger partial charge on any atom is -0.368 e. The number of ether oxygens (including phenoxy) is 2. The Bertz CT molecular complexity index is 405. The second-order valence-corrected chi connectivity index (χ2v) is 7.35. The quantitative estimate of drug-likeness (QED) is 0.510. The topological polar surface area (TPSA) is 93.9 Å². The first-order valence-electron chi connectivity index (χ1n) is 9.40. The lowest BCUT2D eigenvalue weighted by molar-refractivity contribution is -0.137. The summed E-state index contributed by atoms with van der Waals surface area (Å²) in [7, 11) is 0. The summed E-state index contributed by atoms with van der Waals surface area (Å²) in [5.41, 5.74) is 5.29. The summed E-state index contributed by atoms with van der Waals surface area (Å²) >= 11 is 0. The summed E-state index contributed by atoms with van der Waals surface area (Å²) in [6.07, 6.45) is 6.49. The third-order valence-electron chi connectivity index (χ3n) is 4.07. The summed E-state index contributed by atoms with van der Waals surface area (Å²) in [5.74, 6) is 0.290. The van der Waals surface area contributed by atoms with Crippen molar-refractivity contribution in [3.05, 3.63) is 0 Å². The van der Waals surface area contributed by atoms with Gasteiger partial charge in [0.05, 0.1) is 19.4 Å². The monoisotopic (exact) mass is 361 g/mol. The Morgan fingerprint density at radius 3 is 2.44 bits per heavy atom. The van der Waals surface area contributed by atoms with Crippen molar-refractivity contribution in [2.24, 2.45) is 11.7 Å². The molecule has 1 atom stereocenters. The highest BCUT2D eigenvalue weighted by Gasteiger charge is 2.32. The molecule has 7 nitrogen and oxygen atoms in total. The van der Waals surface area contributed by atoms with Gasteiger partial charge in [0.1, 0.15) is 12.8 Å². The van der Waals surface area contributed by atoms with Crippen LogP contribution in [0, 0.1) is 5.92 Å². The molecule has 150 valence electrons. The minimum absolute atomic E-state index is 0. The van der Waals surface area contributed by atoms with Gasteiger partial charge < -0.3 is 20.1 Å². The lowest BCUT2D eigenvalue weighted by Gasteiger charge is -2.22. The number of hydrogen-bond donors (Lipinski definition) is 2. The molecule has 0 radical (unpaired) electrons. The van der Waals surface area contributed by atoms with E-state index in [4.69, 9.17) is 15.2 Å². The van der Waals surface area contributed by atoms with E-state index in [9.17, 15) is 9.59 Å². The zero-order valence-corrected chi connectivity index (χ0v) is 16.0. The molecule has 1 saturated carbocycles. The molecule has 0 bridgehead atoms. The van der Waals surface area contributed by atoms with Gasteiger partial charge in [-0.25, -0.2) is 0 Å². The SMILES string of the molecule is CC(C)C.NC(=O)[C@@H]1CCCN1C(=O)CNCOCOC1CCCC1.[HH].[HH]. The van der Waals surface area contributed by atoms with Crippen molar-refractivity contribution in [3.63, 3.8) is 0 Å². The molecule has 0 aromatic carbocycles. The van der Waals surface area contributed by atoms with E-state index in [-0.39, 0.29) is 28.8 Å². The Labute approximate surface area is 154 Å². The molecular weight excluding hydrogens is 322 g/mol. The fourth-order valence-electron chi connectivity index (χ4n) is 2.93. The van der Waals surface area contributed by atoms with Crippen molar-refractivity contribution in [2.45, 2.75) is 71.4 Å². The molecule has 1 heterocycles. The van der Waals surface area contributed by atoms with Crippen LogP contribution in [-0.2, 0) is 19.1 Å². The number of hydrogen-bond acceptors (Lipinski definition) is 5. The molecule has 2 amide bonds. The van der Waals surface area contributed by atoms with Crippen LogP contribution in [0.15, 0.2) is 0 Å². The third kappa shape index (κ3) is 9.18. The van der Waals surface area contributed by atoms with Gasteiger partial charge in [-0.2, -0.15) is 0 Å². The summed E-state index contributed by atoms with van der Waals surface area (Å²) < 4.78 is 10.8. The molecule has 0 aromatic heterocycles. The van der Waals surface area contributed by atoms with Crippen LogP contribution in [0.25, 0.3) is 0 Å². The number of amides is 2. The summed E-state index contributed by atoms with van der Waals surface area (Å²) in [6, 6.07) is -0.453. The van der Waals surface area contributed by atoms with Crippen LogP contribution in [0.4, 0.5) is 0 Å². The first kappa shape index (κ1) is 21.9. The Hall–Kier alpha value is -1.18. The van der Waals surface area contributed by atoms with Crippen LogP contribution in [0.3, 0.4) is 0 Å². The van der Waals surface area contributed by atoms with Crippen molar-refractivity contribution < 1.29 is 21.9 Å². The Kier molecular flexibility index (Phi) is 10.7. The van der Waals surface area contributed by atoms with Crippen LogP contribution in [-0.4, -0.2) is 55.5 Å². The smallest absolute Gasteiger partial charge is 0.240 e. The van der Waals surface area contributed by atoms with E-state index in [1.807, 2.05) is 0 Å². The Balaban J connectivity index is 0. The molecule has 25 heavy (non-hydrogen) atoms. The molecule has 2 rings (SSSR count). The highest BCUT2D eigenvalue weighted by atomic mass is 16.7. The normalized spacial score (nSPS) is 20.6. The van der Waals surface area contributed by atoms with Gasteiger partial charge in [-0.05, 0) is 31.6 Å². The van der Waals surface area contributed by atoms with E-state index < -0.39 is 11.9 Å². The lowest BCUT2D eigenvalue weighted by atomic mass is 10.2. The van der Waals surface area contributed by atoms with E-state index in [0.717, 1.165) is 25.2 Å². The van der Waals surface area contributed by atoms with Gasteiger partial charge >= 0.3 is 0 Å². The second-order valence-electron chi connectivity index (χ2n) is 7.35. The molecule has 2 fully saturated rings. The maximum absolute atomic E-state index is 12.0. The Morgan fingerprint density at radius 1 is 1.20 bits per heavy atom. The Morgan fingerprint density at radius 2 is 1.84 bits per heavy atom. The highest BCUT2D eigenvalue weighted by Crippen LogP contribution is 2.20. The molecule has 0 unspecified atom stereocenters. The molecule has 0 aromatic rings. The van der Waals surface area contributed by atoms with E-state index >= 15 is 0 Å². The zero-order valence-electron chi connectivity index (χ0n) is 16.0. The van der Waals surface area contributed by atoms with Gasteiger partial charge in [-0.15, -0.1) is 0 Å². The van der Waals surface area contributed by atoms with Crippen LogP contribution < -0.4 is 11.1 Å². The fraction of sp³-hybridized carbons (Fsp3) is 0.889. The van der Waals surface area contributed by atoms with Crippen molar-refractivity contribution >= 4 is 11.8 Å². The van der Waals surface area contributed by atoms with Crippen LogP contribution in [0.5, 0.6) is 0 Å². The molecule has 7 heteroatoms. The summed E-state index contributed by atoms with van der Waals surface area (Å²) in [6.45, 7) is 7.75. The van der Waals surface area contributed by atoms with E-state index in [1.54, 1.807) is 4.90 Å². The molecule has 1 aliphatic carbocycles. The second kappa shape index (κ2) is 12.2. The minimum atomic E-state index is -0.453. The maximum Gasteiger partial charge on any atom is 0.240 e. The van der Waals surface area contributed by atoms with Crippen LogP contribution in [0.1, 0.15) is 62.1 Å². The van der Waals surface area contributed by atoms with Crippen molar-refractivity contribution in [1.29, 1.82) is 0 Å². The number of nitrogens with two attached hydrogens (primary N) is 1. The largest absolute Gasteiger partial charge is 0.368 e. The third-order valence-corrected chi connectivity index (χ3v) is 4.07. The van der Waals surface area contributed by atoms with Crippen LogP contribution >= 0.6 is 0 Å².